The van der Waals surface area contributed by atoms with Crippen molar-refractivity contribution in [1.82, 2.24) is 0 Å². The van der Waals surface area contributed by atoms with E-state index in [1.807, 2.05) is 0 Å². The summed E-state index contributed by atoms with van der Waals surface area (Å²) in [5.74, 6) is -6.56. The first-order valence-corrected chi connectivity index (χ1v) is 8.17. The maximum Gasteiger partial charge on any atom is 0.307 e. The summed E-state index contributed by atoms with van der Waals surface area (Å²) >= 11 is 0. The fraction of sp³-hybridized carbons (Fsp3) is 0.750. The zero-order valence-electron chi connectivity index (χ0n) is 13.4. The van der Waals surface area contributed by atoms with Crippen LogP contribution in [0.15, 0.2) is 0 Å². The minimum Gasteiger partial charge on any atom is -0.481 e. The van der Waals surface area contributed by atoms with Gasteiger partial charge in [0.25, 0.3) is 0 Å². The molecule has 0 amide bonds. The van der Waals surface area contributed by atoms with E-state index in [9.17, 15) is 19.2 Å². The number of carboxylic acid groups (broad SMARTS) is 4. The van der Waals surface area contributed by atoms with E-state index in [1.165, 1.54) is 0 Å². The van der Waals surface area contributed by atoms with Gasteiger partial charge in [0, 0.05) is 0 Å². The fourth-order valence-electron chi connectivity index (χ4n) is 3.44. The predicted octanol–water partition coefficient (Wildman–Crippen LogP) is 1.92. The highest BCUT2D eigenvalue weighted by Crippen LogP contribution is 2.31. The van der Waals surface area contributed by atoms with Gasteiger partial charge in [-0.3, -0.25) is 19.2 Å². The second-order valence-corrected chi connectivity index (χ2v) is 6.35. The summed E-state index contributed by atoms with van der Waals surface area (Å²) in [7, 11) is 0. The summed E-state index contributed by atoms with van der Waals surface area (Å²) < 4.78 is 0. The molecule has 24 heavy (non-hydrogen) atoms. The van der Waals surface area contributed by atoms with Crippen LogP contribution in [0.4, 0.5) is 0 Å². The molecule has 2 aliphatic carbocycles. The van der Waals surface area contributed by atoms with Gasteiger partial charge in [-0.15, -0.1) is 0 Å². The van der Waals surface area contributed by atoms with Crippen molar-refractivity contribution < 1.29 is 39.6 Å². The predicted molar refractivity (Wildman–Crippen MR) is 81.4 cm³/mol. The van der Waals surface area contributed by atoms with Crippen LogP contribution < -0.4 is 0 Å². The lowest BCUT2D eigenvalue weighted by atomic mass is 9.79. The molecule has 2 rings (SSSR count). The Balaban J connectivity index is 0.000000240. The first kappa shape index (κ1) is 19.9. The van der Waals surface area contributed by atoms with Crippen molar-refractivity contribution >= 4 is 23.9 Å². The van der Waals surface area contributed by atoms with Crippen LogP contribution in [0.3, 0.4) is 0 Å². The maximum atomic E-state index is 10.6. The topological polar surface area (TPSA) is 149 Å². The largest absolute Gasteiger partial charge is 0.481 e. The quantitative estimate of drug-likeness (QED) is 0.604. The molecular weight excluding hydrogens is 320 g/mol. The summed E-state index contributed by atoms with van der Waals surface area (Å²) in [6.07, 6.45) is 5.36. The first-order chi connectivity index (χ1) is 11.3. The van der Waals surface area contributed by atoms with E-state index in [1.54, 1.807) is 0 Å². The molecule has 0 aliphatic heterocycles. The molecule has 2 aliphatic rings. The monoisotopic (exact) mass is 344 g/mol. The van der Waals surface area contributed by atoms with Gasteiger partial charge in [0.2, 0.25) is 0 Å². The Kier molecular flexibility index (Phi) is 7.67. The Hall–Kier alpha value is -2.12. The number of hydrogen-bond acceptors (Lipinski definition) is 4. The second-order valence-electron chi connectivity index (χ2n) is 6.35. The van der Waals surface area contributed by atoms with E-state index in [2.05, 4.69) is 0 Å². The van der Waals surface area contributed by atoms with Gasteiger partial charge in [-0.25, -0.2) is 0 Å². The van der Waals surface area contributed by atoms with E-state index in [-0.39, 0.29) is 0 Å². The van der Waals surface area contributed by atoms with Gasteiger partial charge in [0.05, 0.1) is 23.7 Å². The van der Waals surface area contributed by atoms with E-state index >= 15 is 0 Å². The second kappa shape index (κ2) is 9.24. The summed E-state index contributed by atoms with van der Waals surface area (Å²) in [4.78, 5) is 42.4. The van der Waals surface area contributed by atoms with Gasteiger partial charge in [-0.1, -0.05) is 25.7 Å². The molecule has 8 heteroatoms. The molecule has 0 heterocycles. The Morgan fingerprint density at radius 3 is 0.750 bits per heavy atom. The van der Waals surface area contributed by atoms with Crippen molar-refractivity contribution in [3.05, 3.63) is 0 Å². The van der Waals surface area contributed by atoms with Gasteiger partial charge in [-0.05, 0) is 25.7 Å². The Bertz CT molecular complexity index is 398. The average Bonchev–Trinajstić information content (AvgIpc) is 2.55. The number of hydrogen-bond donors (Lipinski definition) is 4. The SMILES string of the molecule is O=C(O)[C@@H]1CCCC[C@H]1C(=O)O.O=C(O)[C@H]1CCCC[C@@H]1C(=O)O. The lowest BCUT2D eigenvalue weighted by Gasteiger charge is -2.24. The van der Waals surface area contributed by atoms with Crippen molar-refractivity contribution in [2.24, 2.45) is 23.7 Å². The molecule has 0 unspecified atom stereocenters. The molecule has 136 valence electrons. The van der Waals surface area contributed by atoms with Gasteiger partial charge < -0.3 is 20.4 Å². The number of rotatable bonds is 4. The average molecular weight is 344 g/mol. The molecule has 4 atom stereocenters. The molecule has 4 N–H and O–H groups in total. The molecule has 2 fully saturated rings. The van der Waals surface area contributed by atoms with Crippen LogP contribution in [0, 0.1) is 23.7 Å². The molecule has 0 spiro atoms. The Morgan fingerprint density at radius 2 is 0.625 bits per heavy atom. The third-order valence-corrected chi connectivity index (χ3v) is 4.80. The van der Waals surface area contributed by atoms with Crippen molar-refractivity contribution in [3.63, 3.8) is 0 Å². The first-order valence-electron chi connectivity index (χ1n) is 8.17. The molecule has 0 aromatic carbocycles. The van der Waals surface area contributed by atoms with Crippen molar-refractivity contribution in [2.45, 2.75) is 51.4 Å². The van der Waals surface area contributed by atoms with Crippen molar-refractivity contribution in [3.8, 4) is 0 Å². The zero-order chi connectivity index (χ0) is 18.3. The fourth-order valence-corrected chi connectivity index (χ4v) is 3.44. The molecule has 8 nitrogen and oxygen atoms in total. The highest BCUT2D eigenvalue weighted by atomic mass is 16.4. The van der Waals surface area contributed by atoms with E-state index in [0.717, 1.165) is 25.7 Å². The maximum absolute atomic E-state index is 10.6. The number of aliphatic carboxylic acids is 4. The standard InChI is InChI=1S/2C8H12O4/c2*9-7(10)5-3-1-2-4-6(5)8(11)12/h2*5-6H,1-4H2,(H,9,10)(H,11,12)/t2*5-,6-/m10/s1. The highest BCUT2D eigenvalue weighted by Gasteiger charge is 2.36. The van der Waals surface area contributed by atoms with Crippen LogP contribution in [0.2, 0.25) is 0 Å². The van der Waals surface area contributed by atoms with Gasteiger partial charge in [0.15, 0.2) is 0 Å². The lowest BCUT2D eigenvalue weighted by Crippen LogP contribution is -2.32. The van der Waals surface area contributed by atoms with Crippen LogP contribution in [0.5, 0.6) is 0 Å². The lowest BCUT2D eigenvalue weighted by molar-refractivity contribution is -0.155. The zero-order valence-corrected chi connectivity index (χ0v) is 13.4. The third kappa shape index (κ3) is 5.50. The molecular formula is C16H24O8. The summed E-state index contributed by atoms with van der Waals surface area (Å²) in [6, 6.07) is 0. The van der Waals surface area contributed by atoms with Gasteiger partial charge in [-0.2, -0.15) is 0 Å². The molecule has 0 saturated heterocycles. The van der Waals surface area contributed by atoms with Crippen LogP contribution in [0.1, 0.15) is 51.4 Å². The number of carboxylic acids is 4. The van der Waals surface area contributed by atoms with E-state index in [0.29, 0.717) is 25.7 Å². The molecule has 0 radical (unpaired) electrons. The van der Waals surface area contributed by atoms with E-state index in [4.69, 9.17) is 20.4 Å². The van der Waals surface area contributed by atoms with Gasteiger partial charge in [0.1, 0.15) is 0 Å². The minimum absolute atomic E-state index is 0.506. The van der Waals surface area contributed by atoms with Crippen LogP contribution >= 0.6 is 0 Å². The summed E-state index contributed by atoms with van der Waals surface area (Å²) in [5.41, 5.74) is 0. The van der Waals surface area contributed by atoms with Crippen LogP contribution in [-0.4, -0.2) is 44.3 Å². The minimum atomic E-state index is -0.970. The van der Waals surface area contributed by atoms with E-state index < -0.39 is 47.5 Å². The third-order valence-electron chi connectivity index (χ3n) is 4.80. The summed E-state index contributed by atoms with van der Waals surface area (Å²) in [6.45, 7) is 0. The smallest absolute Gasteiger partial charge is 0.307 e. The van der Waals surface area contributed by atoms with Crippen LogP contribution in [-0.2, 0) is 19.2 Å². The van der Waals surface area contributed by atoms with Crippen molar-refractivity contribution in [2.75, 3.05) is 0 Å². The highest BCUT2D eigenvalue weighted by molar-refractivity contribution is 5.80. The van der Waals surface area contributed by atoms with Crippen molar-refractivity contribution in [1.29, 1.82) is 0 Å². The van der Waals surface area contributed by atoms with Crippen LogP contribution in [0.25, 0.3) is 0 Å². The molecule has 0 aromatic heterocycles. The Labute approximate surface area is 139 Å². The number of carbonyl (C=O) groups is 4. The normalized spacial score (nSPS) is 29.7. The van der Waals surface area contributed by atoms with Gasteiger partial charge >= 0.3 is 23.9 Å². The molecule has 2 saturated carbocycles. The Morgan fingerprint density at radius 1 is 0.458 bits per heavy atom. The summed E-state index contributed by atoms with van der Waals surface area (Å²) in [5, 5.41) is 34.8. The molecule has 0 bridgehead atoms. The molecule has 0 aromatic rings.